The van der Waals surface area contributed by atoms with Crippen LogP contribution in [0.15, 0.2) is 29.2 Å². The van der Waals surface area contributed by atoms with Crippen LogP contribution in [-0.4, -0.2) is 38.9 Å². The average Bonchev–Trinajstić information content (AvgIpc) is 2.42. The molecule has 1 fully saturated rings. The monoisotopic (exact) mass is 297 g/mol. The van der Waals surface area contributed by atoms with E-state index in [2.05, 4.69) is 5.32 Å². The van der Waals surface area contributed by atoms with Gasteiger partial charge in [-0.3, -0.25) is 0 Å². The molecule has 2 atom stereocenters. The van der Waals surface area contributed by atoms with Gasteiger partial charge < -0.3 is 11.1 Å². The maximum absolute atomic E-state index is 12.0. The molecule has 1 aliphatic carbocycles. The Labute approximate surface area is 121 Å². The van der Waals surface area contributed by atoms with Crippen molar-refractivity contribution in [3.8, 4) is 0 Å². The highest BCUT2D eigenvalue weighted by molar-refractivity contribution is 7.89. The van der Waals surface area contributed by atoms with Crippen LogP contribution >= 0.6 is 0 Å². The number of nitrogens with zero attached hydrogens (tertiary/aromatic N) is 1. The largest absolute Gasteiger partial charge is 0.381 e. The molecule has 1 saturated carbocycles. The third-order valence-corrected chi connectivity index (χ3v) is 5.63. The number of benzene rings is 1. The van der Waals surface area contributed by atoms with Gasteiger partial charge in [0.25, 0.3) is 0 Å². The van der Waals surface area contributed by atoms with Gasteiger partial charge in [0.1, 0.15) is 0 Å². The molecule has 0 saturated heterocycles. The molecule has 112 valence electrons. The van der Waals surface area contributed by atoms with E-state index in [-0.39, 0.29) is 12.1 Å². The summed E-state index contributed by atoms with van der Waals surface area (Å²) in [6, 6.07) is 7.32. The van der Waals surface area contributed by atoms with Crippen LogP contribution in [0.4, 0.5) is 5.69 Å². The van der Waals surface area contributed by atoms with Crippen molar-refractivity contribution in [1.82, 2.24) is 4.31 Å². The van der Waals surface area contributed by atoms with Crippen molar-refractivity contribution in [3.05, 3.63) is 24.3 Å². The minimum atomic E-state index is -3.36. The van der Waals surface area contributed by atoms with E-state index in [9.17, 15) is 8.42 Å². The van der Waals surface area contributed by atoms with E-state index in [0.717, 1.165) is 18.5 Å². The highest BCUT2D eigenvalue weighted by Gasteiger charge is 2.22. The summed E-state index contributed by atoms with van der Waals surface area (Å²) in [4.78, 5) is 0.306. The summed E-state index contributed by atoms with van der Waals surface area (Å²) in [7, 11) is -0.296. The second kappa shape index (κ2) is 6.11. The molecule has 0 heterocycles. The van der Waals surface area contributed by atoms with Crippen LogP contribution in [0.1, 0.15) is 25.7 Å². The maximum Gasteiger partial charge on any atom is 0.242 e. The topological polar surface area (TPSA) is 75.4 Å². The van der Waals surface area contributed by atoms with E-state index < -0.39 is 10.0 Å². The van der Waals surface area contributed by atoms with E-state index in [1.54, 1.807) is 24.3 Å². The summed E-state index contributed by atoms with van der Waals surface area (Å²) in [5.41, 5.74) is 7.02. The zero-order valence-electron chi connectivity index (χ0n) is 12.0. The quantitative estimate of drug-likeness (QED) is 0.885. The van der Waals surface area contributed by atoms with Gasteiger partial charge in [-0.2, -0.15) is 0 Å². The first-order chi connectivity index (χ1) is 9.41. The van der Waals surface area contributed by atoms with Crippen molar-refractivity contribution in [2.45, 2.75) is 42.7 Å². The van der Waals surface area contributed by atoms with E-state index in [1.165, 1.54) is 31.2 Å². The fourth-order valence-corrected chi connectivity index (χ4v) is 3.39. The van der Waals surface area contributed by atoms with Crippen molar-refractivity contribution < 1.29 is 8.42 Å². The van der Waals surface area contributed by atoms with Crippen molar-refractivity contribution in [3.63, 3.8) is 0 Å². The molecule has 0 unspecified atom stereocenters. The normalized spacial score (nSPS) is 23.8. The van der Waals surface area contributed by atoms with Gasteiger partial charge in [0, 0.05) is 31.9 Å². The number of hydrogen-bond acceptors (Lipinski definition) is 4. The summed E-state index contributed by atoms with van der Waals surface area (Å²) in [5.74, 6) is 0. The number of hydrogen-bond donors (Lipinski definition) is 2. The second-order valence-electron chi connectivity index (χ2n) is 5.51. The second-order valence-corrected chi connectivity index (χ2v) is 7.66. The Balaban J connectivity index is 2.09. The average molecular weight is 297 g/mol. The van der Waals surface area contributed by atoms with Crippen LogP contribution in [0.25, 0.3) is 0 Å². The number of nitrogens with two attached hydrogens (primary N) is 1. The zero-order chi connectivity index (χ0) is 14.8. The molecule has 1 aromatic carbocycles. The lowest BCUT2D eigenvalue weighted by atomic mass is 9.91. The lowest BCUT2D eigenvalue weighted by Crippen LogP contribution is -2.42. The van der Waals surface area contributed by atoms with Crippen molar-refractivity contribution in [2.24, 2.45) is 5.73 Å². The first-order valence-electron chi connectivity index (χ1n) is 6.96. The SMILES string of the molecule is CN(C)S(=O)(=O)c1ccc(N[C@@H]2CCCC[C@H]2N)cc1. The van der Waals surface area contributed by atoms with Gasteiger partial charge in [-0.25, -0.2) is 12.7 Å². The van der Waals surface area contributed by atoms with Crippen LogP contribution in [0.5, 0.6) is 0 Å². The Morgan fingerprint density at radius 2 is 1.75 bits per heavy atom. The van der Waals surface area contributed by atoms with Gasteiger partial charge in [-0.05, 0) is 37.1 Å². The van der Waals surface area contributed by atoms with Crippen LogP contribution in [-0.2, 0) is 10.0 Å². The van der Waals surface area contributed by atoms with E-state index in [1.807, 2.05) is 0 Å². The predicted molar refractivity (Wildman–Crippen MR) is 81.2 cm³/mol. The summed E-state index contributed by atoms with van der Waals surface area (Å²) >= 11 is 0. The molecule has 0 aromatic heterocycles. The van der Waals surface area contributed by atoms with Gasteiger partial charge in [0.05, 0.1) is 4.90 Å². The summed E-state index contributed by atoms with van der Waals surface area (Å²) in [5, 5.41) is 3.41. The molecule has 20 heavy (non-hydrogen) atoms. The van der Waals surface area contributed by atoms with Crippen molar-refractivity contribution >= 4 is 15.7 Å². The Morgan fingerprint density at radius 3 is 2.30 bits per heavy atom. The van der Waals surface area contributed by atoms with E-state index in [0.29, 0.717) is 4.90 Å². The molecular formula is C14H23N3O2S. The first-order valence-corrected chi connectivity index (χ1v) is 8.40. The lowest BCUT2D eigenvalue weighted by Gasteiger charge is -2.30. The molecule has 0 aliphatic heterocycles. The van der Waals surface area contributed by atoms with Gasteiger partial charge in [0.2, 0.25) is 10.0 Å². The van der Waals surface area contributed by atoms with Crippen LogP contribution in [0, 0.1) is 0 Å². The van der Waals surface area contributed by atoms with Gasteiger partial charge >= 0.3 is 0 Å². The van der Waals surface area contributed by atoms with Gasteiger partial charge in [-0.15, -0.1) is 0 Å². The van der Waals surface area contributed by atoms with Crippen LogP contribution in [0.3, 0.4) is 0 Å². The van der Waals surface area contributed by atoms with E-state index >= 15 is 0 Å². The van der Waals surface area contributed by atoms with Crippen molar-refractivity contribution in [1.29, 1.82) is 0 Å². The molecule has 1 aromatic rings. The third-order valence-electron chi connectivity index (χ3n) is 3.80. The Kier molecular flexibility index (Phi) is 4.67. The van der Waals surface area contributed by atoms with Gasteiger partial charge in [0.15, 0.2) is 0 Å². The van der Waals surface area contributed by atoms with E-state index in [4.69, 9.17) is 5.73 Å². The predicted octanol–water partition coefficient (Wildman–Crippen LogP) is 1.62. The molecule has 6 heteroatoms. The standard InChI is InChI=1S/C14H23N3O2S/c1-17(2)20(18,19)12-9-7-11(8-10-12)16-14-6-4-3-5-13(14)15/h7-10,13-14,16H,3-6,15H2,1-2H3/t13-,14-/m1/s1. The lowest BCUT2D eigenvalue weighted by molar-refractivity contribution is 0.404. The summed E-state index contributed by atoms with van der Waals surface area (Å²) in [6.07, 6.45) is 4.50. The number of anilines is 1. The highest BCUT2D eigenvalue weighted by Crippen LogP contribution is 2.22. The third kappa shape index (κ3) is 3.31. The number of sulfonamides is 1. The molecule has 0 amide bonds. The Morgan fingerprint density at radius 1 is 1.15 bits per heavy atom. The summed E-state index contributed by atoms with van der Waals surface area (Å²) < 4.78 is 25.2. The van der Waals surface area contributed by atoms with Crippen LogP contribution in [0.2, 0.25) is 0 Å². The fourth-order valence-electron chi connectivity index (χ4n) is 2.49. The minimum absolute atomic E-state index is 0.175. The minimum Gasteiger partial charge on any atom is -0.381 e. The Bertz CT molecular complexity index is 540. The zero-order valence-corrected chi connectivity index (χ0v) is 12.9. The molecule has 3 N–H and O–H groups in total. The molecule has 5 nitrogen and oxygen atoms in total. The van der Waals surface area contributed by atoms with Gasteiger partial charge in [-0.1, -0.05) is 12.8 Å². The first kappa shape index (κ1) is 15.3. The molecule has 2 rings (SSSR count). The van der Waals surface area contributed by atoms with Crippen molar-refractivity contribution in [2.75, 3.05) is 19.4 Å². The molecule has 0 spiro atoms. The molecule has 0 radical (unpaired) electrons. The molecule has 0 bridgehead atoms. The highest BCUT2D eigenvalue weighted by atomic mass is 32.2. The smallest absolute Gasteiger partial charge is 0.242 e. The Hall–Kier alpha value is -1.11. The number of nitrogens with one attached hydrogen (secondary N) is 1. The maximum atomic E-state index is 12.0. The molecule has 1 aliphatic rings. The number of rotatable bonds is 4. The van der Waals surface area contributed by atoms with Crippen LogP contribution < -0.4 is 11.1 Å². The molecular weight excluding hydrogens is 274 g/mol. The fraction of sp³-hybridized carbons (Fsp3) is 0.571. The summed E-state index contributed by atoms with van der Waals surface area (Å²) in [6.45, 7) is 0.